The molecule has 0 bridgehead atoms. The minimum absolute atomic E-state index is 0.0170. The van der Waals surface area contributed by atoms with Gasteiger partial charge in [0, 0.05) is 11.4 Å². The minimum atomic E-state index is -2.16. The summed E-state index contributed by atoms with van der Waals surface area (Å²) in [6.45, 7) is -0.936. The average molecular weight is 612 g/mol. The van der Waals surface area contributed by atoms with E-state index in [-0.39, 0.29) is 17.3 Å². The number of alkyl halides is 1. The predicted molar refractivity (Wildman–Crippen MR) is 153 cm³/mol. The Balaban J connectivity index is 1.46. The molecule has 2 aliphatic rings. The van der Waals surface area contributed by atoms with Gasteiger partial charge in [0.25, 0.3) is 5.91 Å². The van der Waals surface area contributed by atoms with Crippen LogP contribution in [0.25, 0.3) is 5.69 Å². The summed E-state index contributed by atoms with van der Waals surface area (Å²) in [7, 11) is 0. The molecule has 1 aliphatic carbocycles. The van der Waals surface area contributed by atoms with E-state index in [0.717, 1.165) is 11.0 Å². The van der Waals surface area contributed by atoms with Crippen LogP contribution < -0.4 is 16.0 Å². The molecule has 3 N–H and O–H groups in total. The van der Waals surface area contributed by atoms with Gasteiger partial charge in [0.1, 0.15) is 19.1 Å². The average Bonchev–Trinajstić information content (AvgIpc) is 3.40. The second-order valence-corrected chi connectivity index (χ2v) is 10.5. The van der Waals surface area contributed by atoms with Crippen LogP contribution in [0.3, 0.4) is 0 Å². The van der Waals surface area contributed by atoms with Crippen LogP contribution in [0.2, 0.25) is 10.2 Å². The second kappa shape index (κ2) is 11.7. The Kier molecular flexibility index (Phi) is 8.10. The fraction of sp³-hybridized carbons (Fsp3) is 0.214. The topological polar surface area (TPSA) is 144 Å². The number of nitrogens with zero attached hydrogens (tertiary/aromatic N) is 5. The number of hydrogen-bond acceptors (Lipinski definition) is 6. The Morgan fingerprint density at radius 1 is 1.07 bits per heavy atom. The fourth-order valence-corrected chi connectivity index (χ4v) is 5.17. The number of benzene rings is 2. The van der Waals surface area contributed by atoms with E-state index >= 15 is 4.39 Å². The molecule has 3 aromatic rings. The predicted octanol–water partition coefficient (Wildman–Crippen LogP) is 2.17. The SMILES string of the molecule is NC(=O)[C@]1(NC(=O)C(Cc2ccccc2)N2CC(=O)N(c3cc(Cl)ccc3-n3cc(Cl)nn3)CC2=O)C=CC=CC1F. The highest BCUT2D eigenvalue weighted by atomic mass is 35.5. The van der Waals surface area contributed by atoms with Gasteiger partial charge in [-0.1, -0.05) is 70.9 Å². The number of primary amides is 1. The van der Waals surface area contributed by atoms with E-state index < -0.39 is 54.5 Å². The molecule has 2 aromatic carbocycles. The van der Waals surface area contributed by atoms with Gasteiger partial charge in [0.15, 0.2) is 16.9 Å². The normalized spacial score (nSPS) is 21.0. The Bertz CT molecular complexity index is 1610. The Morgan fingerprint density at radius 3 is 2.50 bits per heavy atom. The standard InChI is InChI=1S/C28H24Cl2FN7O4/c29-18-9-10-19(38-14-23(30)34-35-38)20(13-18)36-15-25(40)37(16-24(36)39)21(12-17-6-2-1-3-7-17)26(41)33-28(27(32)42)11-5-4-8-22(28)31/h1-11,13-14,21-22H,12,15-16H2,(H2,32,42)(H,33,41)/t21?,22?,28-/m0/s1. The summed E-state index contributed by atoms with van der Waals surface area (Å²) in [5, 5.41) is 10.5. The van der Waals surface area contributed by atoms with E-state index in [4.69, 9.17) is 28.9 Å². The van der Waals surface area contributed by atoms with Crippen molar-refractivity contribution in [2.45, 2.75) is 24.2 Å². The van der Waals surface area contributed by atoms with Crippen LogP contribution in [0, 0.1) is 0 Å². The number of hydrogen-bond donors (Lipinski definition) is 2. The molecule has 0 radical (unpaired) electrons. The van der Waals surface area contributed by atoms with Crippen molar-refractivity contribution < 1.29 is 23.6 Å². The quantitative estimate of drug-likeness (QED) is 0.399. The maximum Gasteiger partial charge on any atom is 0.250 e. The zero-order chi connectivity index (χ0) is 30.0. The summed E-state index contributed by atoms with van der Waals surface area (Å²) in [6, 6.07) is 12.2. The molecule has 1 aliphatic heterocycles. The molecule has 0 spiro atoms. The molecule has 5 rings (SSSR count). The largest absolute Gasteiger partial charge is 0.367 e. The van der Waals surface area contributed by atoms with E-state index in [1.165, 1.54) is 40.1 Å². The van der Waals surface area contributed by atoms with Gasteiger partial charge in [-0.2, -0.15) is 0 Å². The first-order chi connectivity index (χ1) is 20.1. The second-order valence-electron chi connectivity index (χ2n) is 9.69. The summed E-state index contributed by atoms with van der Waals surface area (Å²) < 4.78 is 16.4. The molecule has 1 saturated heterocycles. The summed E-state index contributed by atoms with van der Waals surface area (Å²) in [4.78, 5) is 55.7. The number of carbonyl (C=O) groups is 4. The van der Waals surface area contributed by atoms with Crippen molar-refractivity contribution in [2.24, 2.45) is 5.73 Å². The maximum absolute atomic E-state index is 15.0. The number of rotatable bonds is 8. The van der Waals surface area contributed by atoms with Gasteiger partial charge in [-0.25, -0.2) is 9.07 Å². The van der Waals surface area contributed by atoms with Crippen LogP contribution >= 0.6 is 23.2 Å². The van der Waals surface area contributed by atoms with E-state index in [1.807, 2.05) is 0 Å². The van der Waals surface area contributed by atoms with Crippen molar-refractivity contribution in [2.75, 3.05) is 18.0 Å². The first-order valence-electron chi connectivity index (χ1n) is 12.7. The number of halogens is 3. The van der Waals surface area contributed by atoms with Crippen LogP contribution in [0.1, 0.15) is 5.56 Å². The van der Waals surface area contributed by atoms with Gasteiger partial charge in [0.2, 0.25) is 17.7 Å². The number of carbonyl (C=O) groups excluding carboxylic acids is 4. The lowest BCUT2D eigenvalue weighted by atomic mass is 9.87. The number of amides is 4. The van der Waals surface area contributed by atoms with Gasteiger partial charge in [-0.05, 0) is 35.9 Å². The zero-order valence-corrected chi connectivity index (χ0v) is 23.4. The summed E-state index contributed by atoms with van der Waals surface area (Å²) in [5.41, 5.74) is 4.70. The maximum atomic E-state index is 15.0. The molecule has 1 fully saturated rings. The van der Waals surface area contributed by atoms with Gasteiger partial charge in [0.05, 0.1) is 17.6 Å². The molecule has 2 unspecified atom stereocenters. The third kappa shape index (κ3) is 5.63. The summed E-state index contributed by atoms with van der Waals surface area (Å²) >= 11 is 12.2. The minimum Gasteiger partial charge on any atom is -0.367 e. The molecular weight excluding hydrogens is 588 g/mol. The molecule has 42 heavy (non-hydrogen) atoms. The van der Waals surface area contributed by atoms with Crippen LogP contribution in [0.5, 0.6) is 0 Å². The molecule has 3 atom stereocenters. The summed E-state index contributed by atoms with van der Waals surface area (Å²) in [5.74, 6) is -3.06. The van der Waals surface area contributed by atoms with Crippen molar-refractivity contribution in [3.8, 4) is 5.69 Å². The third-order valence-electron chi connectivity index (χ3n) is 7.03. The molecule has 11 nitrogen and oxygen atoms in total. The molecule has 0 saturated carbocycles. The third-order valence-corrected chi connectivity index (χ3v) is 7.44. The van der Waals surface area contributed by atoms with Gasteiger partial charge in [-0.3, -0.25) is 24.1 Å². The van der Waals surface area contributed by atoms with Gasteiger partial charge >= 0.3 is 0 Å². The van der Waals surface area contributed by atoms with Crippen LogP contribution in [-0.4, -0.2) is 74.4 Å². The Morgan fingerprint density at radius 2 is 1.83 bits per heavy atom. The number of piperazine rings is 1. The van der Waals surface area contributed by atoms with Gasteiger partial charge < -0.3 is 16.0 Å². The smallest absolute Gasteiger partial charge is 0.250 e. The Hall–Kier alpha value is -4.55. The number of nitrogens with two attached hydrogens (primary N) is 1. The first-order valence-corrected chi connectivity index (χ1v) is 13.5. The van der Waals surface area contributed by atoms with E-state index in [1.54, 1.807) is 42.5 Å². The molecule has 2 heterocycles. The lowest BCUT2D eigenvalue weighted by Crippen LogP contribution is -2.67. The monoisotopic (exact) mass is 611 g/mol. The molecule has 1 aromatic heterocycles. The van der Waals surface area contributed by atoms with Gasteiger partial charge in [-0.15, -0.1) is 5.10 Å². The highest BCUT2D eigenvalue weighted by molar-refractivity contribution is 6.31. The van der Waals surface area contributed by atoms with Crippen LogP contribution in [-0.2, 0) is 25.6 Å². The van der Waals surface area contributed by atoms with Crippen molar-refractivity contribution in [1.82, 2.24) is 25.2 Å². The van der Waals surface area contributed by atoms with E-state index in [9.17, 15) is 19.2 Å². The number of allylic oxidation sites excluding steroid dienone is 2. The van der Waals surface area contributed by atoms with E-state index in [2.05, 4.69) is 15.6 Å². The number of anilines is 1. The van der Waals surface area contributed by atoms with Crippen molar-refractivity contribution in [1.29, 1.82) is 0 Å². The van der Waals surface area contributed by atoms with Crippen molar-refractivity contribution in [3.05, 3.63) is 94.8 Å². The fourth-order valence-electron chi connectivity index (χ4n) is 4.88. The Labute approximate surface area is 249 Å². The zero-order valence-electron chi connectivity index (χ0n) is 21.9. The molecular formula is C28H24Cl2FN7O4. The summed E-state index contributed by atoms with van der Waals surface area (Å²) in [6.07, 6.45) is 4.51. The lowest BCUT2D eigenvalue weighted by Gasteiger charge is -2.40. The highest BCUT2D eigenvalue weighted by Crippen LogP contribution is 2.31. The highest BCUT2D eigenvalue weighted by Gasteiger charge is 2.47. The number of aromatic nitrogens is 3. The number of nitrogens with one attached hydrogen (secondary N) is 1. The first kappa shape index (κ1) is 29.0. The molecule has 4 amide bonds. The molecule has 216 valence electrons. The van der Waals surface area contributed by atoms with Crippen LogP contribution in [0.4, 0.5) is 10.1 Å². The molecule has 14 heteroatoms. The lowest BCUT2D eigenvalue weighted by molar-refractivity contribution is -0.146. The van der Waals surface area contributed by atoms with Crippen LogP contribution in [0.15, 0.2) is 79.0 Å². The van der Waals surface area contributed by atoms with Crippen molar-refractivity contribution in [3.63, 3.8) is 0 Å². The van der Waals surface area contributed by atoms with Crippen molar-refractivity contribution >= 4 is 52.5 Å². The van der Waals surface area contributed by atoms with E-state index in [0.29, 0.717) is 16.3 Å².